The first kappa shape index (κ1) is 20.0. The maximum absolute atomic E-state index is 12.7. The Balaban J connectivity index is 2.20. The first-order valence-electron chi connectivity index (χ1n) is 8.43. The normalized spacial score (nSPS) is 13.1. The number of hydrogen-bond donors (Lipinski definition) is 1. The van der Waals surface area contributed by atoms with Gasteiger partial charge in [0, 0.05) is 11.1 Å². The van der Waals surface area contributed by atoms with Gasteiger partial charge in [0.2, 0.25) is 5.91 Å². The molecule has 5 nitrogen and oxygen atoms in total. The van der Waals surface area contributed by atoms with Crippen LogP contribution in [0.4, 0.5) is 0 Å². The number of amides is 1. The molecule has 0 spiro atoms. The van der Waals surface area contributed by atoms with Gasteiger partial charge in [-0.05, 0) is 45.9 Å². The van der Waals surface area contributed by atoms with Gasteiger partial charge in [-0.2, -0.15) is 0 Å². The molecule has 1 amide bonds. The lowest BCUT2D eigenvalue weighted by Gasteiger charge is -2.23. The summed E-state index contributed by atoms with van der Waals surface area (Å²) in [6.45, 7) is 6.85. The highest BCUT2D eigenvalue weighted by Gasteiger charge is 2.31. The first-order chi connectivity index (χ1) is 12.1. The smallest absolute Gasteiger partial charge is 0.238 e. The molecule has 0 fully saturated rings. The molecule has 26 heavy (non-hydrogen) atoms. The number of carbonyl (C=O) groups excluding carboxylic acids is 1. The summed E-state index contributed by atoms with van der Waals surface area (Å²) < 4.78 is 31.2. The molecule has 0 bridgehead atoms. The lowest BCUT2D eigenvalue weighted by molar-refractivity contribution is -0.121. The Morgan fingerprint density at radius 2 is 1.62 bits per heavy atom. The van der Waals surface area contributed by atoms with E-state index in [-0.39, 0.29) is 5.75 Å². The molecule has 2 aromatic carbocycles. The highest BCUT2D eigenvalue weighted by atomic mass is 32.2. The van der Waals surface area contributed by atoms with Gasteiger partial charge in [0.1, 0.15) is 16.7 Å². The Morgan fingerprint density at radius 1 is 1.04 bits per heavy atom. The van der Waals surface area contributed by atoms with Crippen LogP contribution in [0, 0.1) is 0 Å². The van der Waals surface area contributed by atoms with Gasteiger partial charge in [0.25, 0.3) is 0 Å². The van der Waals surface area contributed by atoms with Crippen LogP contribution in [-0.2, 0) is 20.4 Å². The van der Waals surface area contributed by atoms with Gasteiger partial charge >= 0.3 is 0 Å². The quantitative estimate of drug-likeness (QED) is 0.836. The zero-order chi connectivity index (χ0) is 19.4. The number of ether oxygens (including phenoxy) is 1. The van der Waals surface area contributed by atoms with Crippen molar-refractivity contribution in [3.63, 3.8) is 0 Å². The highest BCUT2D eigenvalue weighted by Crippen LogP contribution is 2.27. The standard InChI is InChI=1S/C20H25NO4S/c1-15(19(22)21-20(2,3)4)26(23,24)14-16-10-8-9-13-18(16)25-17-11-6-5-7-12-17/h5-13,15H,14H2,1-4H3,(H,21,22)/t15-/m0/s1. The number of benzene rings is 2. The molecule has 0 unspecified atom stereocenters. The van der Waals surface area contributed by atoms with Crippen molar-refractivity contribution in [2.45, 2.75) is 44.2 Å². The predicted molar refractivity (Wildman–Crippen MR) is 103 cm³/mol. The van der Waals surface area contributed by atoms with Gasteiger partial charge in [-0.3, -0.25) is 4.79 Å². The van der Waals surface area contributed by atoms with E-state index in [0.29, 0.717) is 17.1 Å². The molecule has 0 saturated carbocycles. The number of nitrogens with one attached hydrogen (secondary N) is 1. The van der Waals surface area contributed by atoms with Crippen LogP contribution in [-0.4, -0.2) is 25.1 Å². The summed E-state index contributed by atoms with van der Waals surface area (Å²) in [5.74, 6) is 0.315. The Morgan fingerprint density at radius 3 is 2.23 bits per heavy atom. The predicted octanol–water partition coefficient (Wildman–Crippen LogP) is 3.70. The van der Waals surface area contributed by atoms with E-state index in [1.165, 1.54) is 6.92 Å². The summed E-state index contributed by atoms with van der Waals surface area (Å²) in [6.07, 6.45) is 0. The molecule has 0 radical (unpaired) electrons. The van der Waals surface area contributed by atoms with Crippen LogP contribution in [0.15, 0.2) is 54.6 Å². The second-order valence-corrected chi connectivity index (χ2v) is 9.53. The van der Waals surface area contributed by atoms with Gasteiger partial charge in [0.15, 0.2) is 9.84 Å². The van der Waals surface area contributed by atoms with Crippen molar-refractivity contribution >= 4 is 15.7 Å². The molecule has 0 saturated heterocycles. The van der Waals surface area contributed by atoms with Crippen LogP contribution in [0.2, 0.25) is 0 Å². The van der Waals surface area contributed by atoms with Crippen molar-refractivity contribution in [1.82, 2.24) is 5.32 Å². The van der Waals surface area contributed by atoms with E-state index >= 15 is 0 Å². The van der Waals surface area contributed by atoms with E-state index in [4.69, 9.17) is 4.74 Å². The van der Waals surface area contributed by atoms with E-state index in [2.05, 4.69) is 5.32 Å². The van der Waals surface area contributed by atoms with Crippen LogP contribution < -0.4 is 10.1 Å². The Hall–Kier alpha value is -2.34. The SMILES string of the molecule is C[C@@H](C(=O)NC(C)(C)C)S(=O)(=O)Cc1ccccc1Oc1ccccc1. The lowest BCUT2D eigenvalue weighted by Crippen LogP contribution is -2.47. The van der Waals surface area contributed by atoms with E-state index in [0.717, 1.165) is 0 Å². The maximum atomic E-state index is 12.7. The van der Waals surface area contributed by atoms with Gasteiger partial charge in [-0.1, -0.05) is 36.4 Å². The first-order valence-corrected chi connectivity index (χ1v) is 10.1. The number of hydrogen-bond acceptors (Lipinski definition) is 4. The summed E-state index contributed by atoms with van der Waals surface area (Å²) in [4.78, 5) is 12.2. The number of para-hydroxylation sites is 2. The number of carbonyl (C=O) groups is 1. The summed E-state index contributed by atoms with van der Waals surface area (Å²) in [7, 11) is -3.69. The van der Waals surface area contributed by atoms with E-state index in [9.17, 15) is 13.2 Å². The fourth-order valence-electron chi connectivity index (χ4n) is 2.31. The third-order valence-corrected chi connectivity index (χ3v) is 5.71. The Labute approximate surface area is 155 Å². The molecule has 0 aromatic heterocycles. The lowest BCUT2D eigenvalue weighted by atomic mass is 10.1. The molecule has 2 rings (SSSR count). The van der Waals surface area contributed by atoms with Gasteiger partial charge in [-0.15, -0.1) is 0 Å². The van der Waals surface area contributed by atoms with E-state index in [1.54, 1.807) is 36.4 Å². The summed E-state index contributed by atoms with van der Waals surface area (Å²) in [5.41, 5.74) is 0.0293. The molecular weight excluding hydrogens is 350 g/mol. The second-order valence-electron chi connectivity index (χ2n) is 7.21. The molecular formula is C20H25NO4S. The molecule has 1 atom stereocenters. The molecule has 0 aliphatic rings. The van der Waals surface area contributed by atoms with Crippen LogP contribution in [0.25, 0.3) is 0 Å². The molecule has 6 heteroatoms. The molecule has 140 valence electrons. The van der Waals surface area contributed by atoms with Crippen molar-refractivity contribution in [1.29, 1.82) is 0 Å². The maximum Gasteiger partial charge on any atom is 0.238 e. The van der Waals surface area contributed by atoms with Crippen LogP contribution in [0.3, 0.4) is 0 Å². The third-order valence-electron chi connectivity index (χ3n) is 3.71. The average molecular weight is 375 g/mol. The number of sulfone groups is 1. The van der Waals surface area contributed by atoms with Crippen molar-refractivity contribution in [2.24, 2.45) is 0 Å². The minimum absolute atomic E-state index is 0.269. The van der Waals surface area contributed by atoms with Gasteiger partial charge in [0.05, 0.1) is 5.75 Å². The largest absolute Gasteiger partial charge is 0.457 e. The van der Waals surface area contributed by atoms with E-state index < -0.39 is 26.5 Å². The minimum atomic E-state index is -3.69. The van der Waals surface area contributed by atoms with Crippen molar-refractivity contribution in [2.75, 3.05) is 0 Å². The van der Waals surface area contributed by atoms with Crippen molar-refractivity contribution in [3.8, 4) is 11.5 Å². The van der Waals surface area contributed by atoms with Crippen LogP contribution in [0.5, 0.6) is 11.5 Å². The van der Waals surface area contributed by atoms with E-state index in [1.807, 2.05) is 39.0 Å². The average Bonchev–Trinajstić information content (AvgIpc) is 2.55. The fraction of sp³-hybridized carbons (Fsp3) is 0.350. The van der Waals surface area contributed by atoms with Crippen molar-refractivity contribution < 1.29 is 17.9 Å². The molecule has 0 heterocycles. The zero-order valence-corrected chi connectivity index (χ0v) is 16.3. The van der Waals surface area contributed by atoms with Gasteiger partial charge < -0.3 is 10.1 Å². The summed E-state index contributed by atoms with van der Waals surface area (Å²) in [6, 6.07) is 16.1. The number of rotatable bonds is 6. The molecule has 2 aromatic rings. The van der Waals surface area contributed by atoms with Gasteiger partial charge in [-0.25, -0.2) is 8.42 Å². The fourth-order valence-corrected chi connectivity index (χ4v) is 3.62. The monoisotopic (exact) mass is 375 g/mol. The minimum Gasteiger partial charge on any atom is -0.457 e. The summed E-state index contributed by atoms with van der Waals surface area (Å²) >= 11 is 0. The van der Waals surface area contributed by atoms with Crippen LogP contribution >= 0.6 is 0 Å². The zero-order valence-electron chi connectivity index (χ0n) is 15.5. The Bertz CT molecular complexity index is 855. The third kappa shape index (κ3) is 5.59. The topological polar surface area (TPSA) is 72.5 Å². The second kappa shape index (κ2) is 7.91. The summed E-state index contributed by atoms with van der Waals surface area (Å²) in [5, 5.41) is 1.57. The Kier molecular flexibility index (Phi) is 6.08. The molecule has 1 N–H and O–H groups in total. The highest BCUT2D eigenvalue weighted by molar-refractivity contribution is 7.92. The van der Waals surface area contributed by atoms with Crippen LogP contribution in [0.1, 0.15) is 33.3 Å². The molecule has 0 aliphatic carbocycles. The van der Waals surface area contributed by atoms with Crippen molar-refractivity contribution in [3.05, 3.63) is 60.2 Å². The molecule has 0 aliphatic heterocycles.